The van der Waals surface area contributed by atoms with Gasteiger partial charge in [-0.25, -0.2) is 9.97 Å². The Morgan fingerprint density at radius 2 is 2.07 bits per heavy atom. The van der Waals surface area contributed by atoms with Crippen molar-refractivity contribution in [2.45, 2.75) is 25.9 Å². The molecule has 4 aromatic rings. The van der Waals surface area contributed by atoms with Crippen molar-refractivity contribution in [3.63, 3.8) is 0 Å². The quantitative estimate of drug-likeness (QED) is 0.559. The molecule has 4 heterocycles. The molecule has 0 fully saturated rings. The summed E-state index contributed by atoms with van der Waals surface area (Å²) >= 11 is 0. The molecule has 1 unspecified atom stereocenters. The molecule has 0 radical (unpaired) electrons. The molecule has 4 rings (SSSR count). The monoisotopic (exact) mass is 375 g/mol. The van der Waals surface area contributed by atoms with Gasteiger partial charge in [-0.1, -0.05) is 13.0 Å². The van der Waals surface area contributed by atoms with Crippen molar-refractivity contribution in [2.75, 3.05) is 0 Å². The van der Waals surface area contributed by atoms with Gasteiger partial charge in [-0.2, -0.15) is 5.10 Å². The van der Waals surface area contributed by atoms with Gasteiger partial charge in [0, 0.05) is 25.6 Å². The summed E-state index contributed by atoms with van der Waals surface area (Å²) in [5.74, 6) is -0.179. The van der Waals surface area contributed by atoms with Crippen molar-refractivity contribution < 1.29 is 4.79 Å². The third-order valence-corrected chi connectivity index (χ3v) is 4.71. The zero-order chi connectivity index (χ0) is 19.5. The first-order valence-electron chi connectivity index (χ1n) is 9.15. The molecule has 1 N–H and O–H groups in total. The molecule has 0 aromatic carbocycles. The van der Waals surface area contributed by atoms with E-state index >= 15 is 0 Å². The first-order valence-corrected chi connectivity index (χ1v) is 9.15. The van der Waals surface area contributed by atoms with Crippen LogP contribution >= 0.6 is 0 Å². The molecule has 0 saturated heterocycles. The van der Waals surface area contributed by atoms with Gasteiger partial charge < -0.3 is 9.88 Å². The fourth-order valence-electron chi connectivity index (χ4n) is 3.21. The van der Waals surface area contributed by atoms with Crippen LogP contribution in [0.15, 0.2) is 55.2 Å². The summed E-state index contributed by atoms with van der Waals surface area (Å²) < 4.78 is 3.69. The van der Waals surface area contributed by atoms with E-state index in [4.69, 9.17) is 0 Å². The molecule has 1 atom stereocenters. The molecular weight excluding hydrogens is 354 g/mol. The van der Waals surface area contributed by atoms with E-state index in [0.717, 1.165) is 23.5 Å². The second-order valence-corrected chi connectivity index (χ2v) is 6.57. The number of imidazole rings is 1. The largest absolute Gasteiger partial charge is 0.344 e. The molecule has 0 aliphatic rings. The second kappa shape index (κ2) is 7.59. The third-order valence-electron chi connectivity index (χ3n) is 4.71. The van der Waals surface area contributed by atoms with Crippen LogP contribution in [0.5, 0.6) is 0 Å². The van der Waals surface area contributed by atoms with Gasteiger partial charge >= 0.3 is 0 Å². The van der Waals surface area contributed by atoms with Crippen molar-refractivity contribution in [3.8, 4) is 0 Å². The number of nitrogens with zero attached hydrogens (tertiary/aromatic N) is 6. The van der Waals surface area contributed by atoms with Gasteiger partial charge in [0.05, 0.1) is 35.9 Å². The summed E-state index contributed by atoms with van der Waals surface area (Å²) in [6, 6.07) is 9.35. The average molecular weight is 375 g/mol. The lowest BCUT2D eigenvalue weighted by atomic mass is 10.1. The first-order chi connectivity index (χ1) is 13.7. The molecule has 0 saturated carbocycles. The molecule has 1 amide bonds. The van der Waals surface area contributed by atoms with E-state index in [1.165, 1.54) is 0 Å². The van der Waals surface area contributed by atoms with E-state index < -0.39 is 0 Å². The zero-order valence-electron chi connectivity index (χ0n) is 15.8. The SMILES string of the molecule is CCC(NC(=O)c1cnc2c(c1)ncn2Cc1ccccn1)c1ccnn1C. The van der Waals surface area contributed by atoms with Gasteiger partial charge in [-0.3, -0.25) is 14.5 Å². The molecular formula is C20H21N7O. The highest BCUT2D eigenvalue weighted by Gasteiger charge is 2.18. The molecule has 142 valence electrons. The average Bonchev–Trinajstić information content (AvgIpc) is 3.32. The van der Waals surface area contributed by atoms with Crippen LogP contribution in [0.1, 0.15) is 41.1 Å². The van der Waals surface area contributed by atoms with E-state index in [0.29, 0.717) is 17.6 Å². The van der Waals surface area contributed by atoms with Crippen molar-refractivity contribution in [3.05, 3.63) is 72.2 Å². The Morgan fingerprint density at radius 3 is 2.79 bits per heavy atom. The number of carbonyl (C=O) groups is 1. The van der Waals surface area contributed by atoms with Gasteiger partial charge in [-0.05, 0) is 30.7 Å². The number of hydrogen-bond donors (Lipinski definition) is 1. The standard InChI is InChI=1S/C20H21N7O/c1-3-16(18-7-9-24-26(18)2)25-20(28)14-10-17-19(22-11-14)27(13-23-17)12-15-6-4-5-8-21-15/h4-11,13,16H,3,12H2,1-2H3,(H,25,28). The Labute approximate surface area is 162 Å². The molecule has 0 aliphatic heterocycles. The van der Waals surface area contributed by atoms with Crippen molar-refractivity contribution in [1.29, 1.82) is 0 Å². The Balaban J connectivity index is 1.54. The van der Waals surface area contributed by atoms with E-state index in [1.54, 1.807) is 35.7 Å². The number of aromatic nitrogens is 6. The lowest BCUT2D eigenvalue weighted by Crippen LogP contribution is -2.29. The lowest BCUT2D eigenvalue weighted by Gasteiger charge is -2.17. The maximum absolute atomic E-state index is 12.7. The molecule has 0 spiro atoms. The Hall–Kier alpha value is -3.55. The van der Waals surface area contributed by atoms with E-state index in [1.807, 2.05) is 42.8 Å². The minimum atomic E-state index is -0.179. The van der Waals surface area contributed by atoms with Crippen LogP contribution in [0, 0.1) is 0 Å². The number of aryl methyl sites for hydroxylation is 1. The molecule has 0 aliphatic carbocycles. The number of fused-ring (bicyclic) bond motifs is 1. The Kier molecular flexibility index (Phi) is 4.84. The summed E-state index contributed by atoms with van der Waals surface area (Å²) in [6.45, 7) is 2.60. The molecule has 4 aromatic heterocycles. The van der Waals surface area contributed by atoms with Crippen molar-refractivity contribution in [2.24, 2.45) is 7.05 Å². The van der Waals surface area contributed by atoms with Crippen molar-refractivity contribution in [1.82, 2.24) is 34.6 Å². The highest BCUT2D eigenvalue weighted by molar-refractivity contribution is 5.96. The molecule has 0 bridgehead atoms. The van der Waals surface area contributed by atoms with Crippen LogP contribution < -0.4 is 5.32 Å². The number of pyridine rings is 2. The molecule has 8 nitrogen and oxygen atoms in total. The zero-order valence-corrected chi connectivity index (χ0v) is 15.8. The molecule has 28 heavy (non-hydrogen) atoms. The van der Waals surface area contributed by atoms with Gasteiger partial charge in [-0.15, -0.1) is 0 Å². The summed E-state index contributed by atoms with van der Waals surface area (Å²) in [7, 11) is 1.87. The van der Waals surface area contributed by atoms with Crippen LogP contribution in [0.3, 0.4) is 0 Å². The number of hydrogen-bond acceptors (Lipinski definition) is 5. The summed E-state index contributed by atoms with van der Waals surface area (Å²) in [4.78, 5) is 25.9. The summed E-state index contributed by atoms with van der Waals surface area (Å²) in [5, 5.41) is 7.23. The maximum atomic E-state index is 12.7. The lowest BCUT2D eigenvalue weighted by molar-refractivity contribution is 0.0933. The fourth-order valence-corrected chi connectivity index (χ4v) is 3.21. The van der Waals surface area contributed by atoms with Crippen LogP contribution in [0.4, 0.5) is 0 Å². The number of carbonyl (C=O) groups excluding carboxylic acids is 1. The summed E-state index contributed by atoms with van der Waals surface area (Å²) in [6.07, 6.45) is 7.56. The number of amides is 1. The maximum Gasteiger partial charge on any atom is 0.253 e. The van der Waals surface area contributed by atoms with Crippen molar-refractivity contribution >= 4 is 17.1 Å². The van der Waals surface area contributed by atoms with E-state index in [2.05, 4.69) is 25.4 Å². The number of rotatable bonds is 6. The minimum absolute atomic E-state index is 0.114. The highest BCUT2D eigenvalue weighted by atomic mass is 16.1. The van der Waals surface area contributed by atoms with Crippen LogP contribution in [0.25, 0.3) is 11.2 Å². The predicted octanol–water partition coefficient (Wildman–Crippen LogP) is 2.49. The van der Waals surface area contributed by atoms with E-state index in [9.17, 15) is 4.79 Å². The fraction of sp³-hybridized carbons (Fsp3) is 0.250. The van der Waals surface area contributed by atoms with Gasteiger partial charge in [0.1, 0.15) is 5.52 Å². The Bertz CT molecular complexity index is 1100. The van der Waals surface area contributed by atoms with Gasteiger partial charge in [0.15, 0.2) is 5.65 Å². The predicted molar refractivity (Wildman–Crippen MR) is 105 cm³/mol. The minimum Gasteiger partial charge on any atom is -0.344 e. The molecule has 8 heteroatoms. The second-order valence-electron chi connectivity index (χ2n) is 6.57. The number of nitrogens with one attached hydrogen (secondary N) is 1. The van der Waals surface area contributed by atoms with Crippen LogP contribution in [0.2, 0.25) is 0 Å². The third kappa shape index (κ3) is 3.48. The Morgan fingerprint density at radius 1 is 1.18 bits per heavy atom. The summed E-state index contributed by atoms with van der Waals surface area (Å²) in [5.41, 5.74) is 3.77. The normalized spacial score (nSPS) is 12.2. The highest BCUT2D eigenvalue weighted by Crippen LogP contribution is 2.18. The van der Waals surface area contributed by atoms with Gasteiger partial charge in [0.25, 0.3) is 5.91 Å². The first kappa shape index (κ1) is 17.8. The van der Waals surface area contributed by atoms with E-state index in [-0.39, 0.29) is 11.9 Å². The topological polar surface area (TPSA) is 90.5 Å². The van der Waals surface area contributed by atoms with Gasteiger partial charge in [0.2, 0.25) is 0 Å². The van der Waals surface area contributed by atoms with Crippen LogP contribution in [-0.4, -0.2) is 35.2 Å². The smallest absolute Gasteiger partial charge is 0.253 e. The van der Waals surface area contributed by atoms with Crippen LogP contribution in [-0.2, 0) is 13.6 Å².